The Bertz CT molecular complexity index is 756. The molecule has 3 aromatic rings. The van der Waals surface area contributed by atoms with E-state index in [1.807, 2.05) is 0 Å². The molecule has 0 unspecified atom stereocenters. The van der Waals surface area contributed by atoms with Crippen molar-refractivity contribution in [3.63, 3.8) is 0 Å². The highest BCUT2D eigenvalue weighted by molar-refractivity contribution is 5.32. The van der Waals surface area contributed by atoms with E-state index in [-0.39, 0.29) is 0 Å². The highest BCUT2D eigenvalue weighted by Crippen LogP contribution is 2.32. The van der Waals surface area contributed by atoms with Gasteiger partial charge < -0.3 is 5.32 Å². The van der Waals surface area contributed by atoms with Gasteiger partial charge in [-0.05, 0) is 36.1 Å². The fourth-order valence-electron chi connectivity index (χ4n) is 3.98. The van der Waals surface area contributed by atoms with Gasteiger partial charge in [0.25, 0.3) is 0 Å². The van der Waals surface area contributed by atoms with E-state index in [4.69, 9.17) is 0 Å². The predicted molar refractivity (Wildman–Crippen MR) is 113 cm³/mol. The van der Waals surface area contributed by atoms with Gasteiger partial charge in [-0.1, -0.05) is 91.0 Å². The van der Waals surface area contributed by atoms with Crippen LogP contribution in [0.5, 0.6) is 0 Å². The van der Waals surface area contributed by atoms with Gasteiger partial charge in [0.15, 0.2) is 0 Å². The van der Waals surface area contributed by atoms with Gasteiger partial charge in [0, 0.05) is 19.1 Å². The first kappa shape index (κ1) is 18.0. The molecule has 0 aliphatic carbocycles. The van der Waals surface area contributed by atoms with Crippen LogP contribution in [0.15, 0.2) is 91.0 Å². The zero-order chi connectivity index (χ0) is 18.3. The average Bonchev–Trinajstić information content (AvgIpc) is 2.71. The number of aryl methyl sites for hydroxylation is 1. The number of rotatable bonds is 8. The third kappa shape index (κ3) is 4.65. The van der Waals surface area contributed by atoms with E-state index in [0.717, 1.165) is 26.1 Å². The smallest absolute Gasteiger partial charge is 0.0602 e. The number of likely N-dealkylation sites (tertiary alicyclic amines) is 1. The van der Waals surface area contributed by atoms with Crippen LogP contribution in [0.1, 0.15) is 29.2 Å². The van der Waals surface area contributed by atoms with E-state index in [2.05, 4.69) is 101 Å². The Morgan fingerprint density at radius 3 is 1.81 bits per heavy atom. The van der Waals surface area contributed by atoms with Crippen molar-refractivity contribution < 1.29 is 0 Å². The number of benzene rings is 3. The van der Waals surface area contributed by atoms with Crippen LogP contribution in [0.3, 0.4) is 0 Å². The van der Waals surface area contributed by atoms with Gasteiger partial charge in [0.05, 0.1) is 6.04 Å². The summed E-state index contributed by atoms with van der Waals surface area (Å²) in [6, 6.07) is 33.5. The molecule has 1 aliphatic heterocycles. The Labute approximate surface area is 162 Å². The lowest BCUT2D eigenvalue weighted by Gasteiger charge is -2.45. The van der Waals surface area contributed by atoms with E-state index in [1.54, 1.807) is 0 Å². The molecule has 1 fully saturated rings. The first-order chi connectivity index (χ1) is 13.4. The zero-order valence-electron chi connectivity index (χ0n) is 15.8. The highest BCUT2D eigenvalue weighted by Gasteiger charge is 2.33. The fraction of sp³-hybridized carbons (Fsp3) is 0.280. The van der Waals surface area contributed by atoms with Crippen molar-refractivity contribution in [2.24, 2.45) is 0 Å². The molecular formula is C25H28N2. The summed E-state index contributed by atoms with van der Waals surface area (Å²) in [4.78, 5) is 2.58. The molecule has 0 spiro atoms. The molecule has 138 valence electrons. The molecule has 0 aromatic heterocycles. The molecule has 0 amide bonds. The standard InChI is InChI=1S/C25H28N2/c1-4-11-21(12-5-1)13-10-18-26-24-19-27(20-24)25(22-14-6-2-7-15-22)23-16-8-3-9-17-23/h1-9,11-12,14-17,24-26H,10,13,18-20H2. The summed E-state index contributed by atoms with van der Waals surface area (Å²) >= 11 is 0. The maximum Gasteiger partial charge on any atom is 0.0602 e. The Hall–Kier alpha value is -2.42. The van der Waals surface area contributed by atoms with Gasteiger partial charge in [0.1, 0.15) is 0 Å². The van der Waals surface area contributed by atoms with Crippen LogP contribution in [-0.2, 0) is 6.42 Å². The van der Waals surface area contributed by atoms with Crippen LogP contribution < -0.4 is 5.32 Å². The molecule has 1 heterocycles. The molecule has 0 atom stereocenters. The van der Waals surface area contributed by atoms with Crippen LogP contribution in [0.4, 0.5) is 0 Å². The van der Waals surface area contributed by atoms with Crippen molar-refractivity contribution in [1.82, 2.24) is 10.2 Å². The molecule has 4 rings (SSSR count). The molecule has 0 radical (unpaired) electrons. The molecule has 27 heavy (non-hydrogen) atoms. The molecule has 2 nitrogen and oxygen atoms in total. The van der Waals surface area contributed by atoms with E-state index >= 15 is 0 Å². The van der Waals surface area contributed by atoms with Crippen LogP contribution in [-0.4, -0.2) is 30.6 Å². The van der Waals surface area contributed by atoms with Gasteiger partial charge in [-0.15, -0.1) is 0 Å². The van der Waals surface area contributed by atoms with Crippen molar-refractivity contribution in [2.75, 3.05) is 19.6 Å². The van der Waals surface area contributed by atoms with Crippen LogP contribution in [0.25, 0.3) is 0 Å². The predicted octanol–water partition coefficient (Wildman–Crippen LogP) is 4.68. The van der Waals surface area contributed by atoms with Gasteiger partial charge in [-0.2, -0.15) is 0 Å². The summed E-state index contributed by atoms with van der Waals surface area (Å²) in [7, 11) is 0. The van der Waals surface area contributed by atoms with Crippen LogP contribution in [0.2, 0.25) is 0 Å². The fourth-order valence-corrected chi connectivity index (χ4v) is 3.98. The highest BCUT2D eigenvalue weighted by atomic mass is 15.3. The van der Waals surface area contributed by atoms with Gasteiger partial charge >= 0.3 is 0 Å². The summed E-state index contributed by atoms with van der Waals surface area (Å²) in [5.74, 6) is 0. The lowest BCUT2D eigenvalue weighted by molar-refractivity contribution is 0.0932. The van der Waals surface area contributed by atoms with Crippen LogP contribution in [0, 0.1) is 0 Å². The lowest BCUT2D eigenvalue weighted by atomic mass is 9.93. The van der Waals surface area contributed by atoms with Gasteiger partial charge in [-0.25, -0.2) is 0 Å². The van der Waals surface area contributed by atoms with Crippen molar-refractivity contribution in [3.05, 3.63) is 108 Å². The van der Waals surface area contributed by atoms with Crippen molar-refractivity contribution in [1.29, 1.82) is 0 Å². The number of hydrogen-bond acceptors (Lipinski definition) is 2. The van der Waals surface area contributed by atoms with Gasteiger partial charge in [0.2, 0.25) is 0 Å². The van der Waals surface area contributed by atoms with Crippen molar-refractivity contribution >= 4 is 0 Å². The number of nitrogens with one attached hydrogen (secondary N) is 1. The molecule has 0 saturated carbocycles. The van der Waals surface area contributed by atoms with E-state index in [9.17, 15) is 0 Å². The first-order valence-electron chi connectivity index (χ1n) is 10.0. The second-order valence-electron chi connectivity index (χ2n) is 7.42. The minimum Gasteiger partial charge on any atom is -0.311 e. The third-order valence-electron chi connectivity index (χ3n) is 5.42. The topological polar surface area (TPSA) is 15.3 Å². The maximum absolute atomic E-state index is 3.74. The Balaban J connectivity index is 1.30. The minimum absolute atomic E-state index is 0.356. The average molecular weight is 357 g/mol. The van der Waals surface area contributed by atoms with Crippen molar-refractivity contribution in [3.8, 4) is 0 Å². The quantitative estimate of drug-likeness (QED) is 0.590. The molecule has 0 bridgehead atoms. The largest absolute Gasteiger partial charge is 0.311 e. The van der Waals surface area contributed by atoms with E-state index < -0.39 is 0 Å². The monoisotopic (exact) mass is 356 g/mol. The first-order valence-corrected chi connectivity index (χ1v) is 10.0. The molecular weight excluding hydrogens is 328 g/mol. The van der Waals surface area contributed by atoms with Gasteiger partial charge in [-0.3, -0.25) is 4.90 Å². The summed E-state index contributed by atoms with van der Waals surface area (Å²) in [5, 5.41) is 3.74. The Morgan fingerprint density at radius 1 is 0.741 bits per heavy atom. The second kappa shape index (κ2) is 8.98. The molecule has 1 aliphatic rings. The van der Waals surface area contributed by atoms with E-state index in [1.165, 1.54) is 23.1 Å². The van der Waals surface area contributed by atoms with Crippen LogP contribution >= 0.6 is 0 Å². The Morgan fingerprint density at radius 2 is 1.26 bits per heavy atom. The SMILES string of the molecule is c1ccc(CCCNC2CN(C(c3ccccc3)c3ccccc3)C2)cc1. The summed E-state index contributed by atoms with van der Waals surface area (Å²) in [6.45, 7) is 3.31. The number of nitrogens with zero attached hydrogens (tertiary/aromatic N) is 1. The second-order valence-corrected chi connectivity index (χ2v) is 7.42. The maximum atomic E-state index is 3.74. The Kier molecular flexibility index (Phi) is 5.98. The molecule has 2 heteroatoms. The zero-order valence-corrected chi connectivity index (χ0v) is 15.8. The normalized spacial score (nSPS) is 15.0. The third-order valence-corrected chi connectivity index (χ3v) is 5.42. The lowest BCUT2D eigenvalue weighted by Crippen LogP contribution is -2.59. The van der Waals surface area contributed by atoms with Crippen molar-refractivity contribution in [2.45, 2.75) is 24.9 Å². The van der Waals surface area contributed by atoms with E-state index in [0.29, 0.717) is 12.1 Å². The molecule has 3 aromatic carbocycles. The summed E-state index contributed by atoms with van der Waals surface area (Å²) in [6.07, 6.45) is 2.35. The minimum atomic E-state index is 0.356. The summed E-state index contributed by atoms with van der Waals surface area (Å²) in [5.41, 5.74) is 4.19. The molecule has 1 N–H and O–H groups in total. The summed E-state index contributed by atoms with van der Waals surface area (Å²) < 4.78 is 0. The number of hydrogen-bond donors (Lipinski definition) is 1. The molecule has 1 saturated heterocycles.